The largest absolute Gasteiger partial charge is 0.463 e. The molecule has 6 nitrogen and oxygen atoms in total. The number of unbranched alkanes of at least 4 members (excludes halogenated alkanes) is 19. The van der Waals surface area contributed by atoms with Crippen LogP contribution in [-0.4, -0.2) is 48.6 Å². The number of ether oxygens (including phenoxy) is 3. The minimum Gasteiger partial charge on any atom is -0.463 e. The van der Waals surface area contributed by atoms with E-state index in [0.29, 0.717) is 31.5 Å². The first kappa shape index (κ1) is 45.1. The summed E-state index contributed by atoms with van der Waals surface area (Å²) in [6, 6.07) is 0. The molecule has 1 rings (SSSR count). The molecule has 49 heavy (non-hydrogen) atoms. The maximum Gasteiger partial charge on any atom is 0.305 e. The summed E-state index contributed by atoms with van der Waals surface area (Å²) in [5, 5.41) is 10.0. The van der Waals surface area contributed by atoms with Gasteiger partial charge in [-0.25, -0.2) is 0 Å². The Morgan fingerprint density at radius 3 is 1.51 bits per heavy atom. The maximum absolute atomic E-state index is 12.0. The van der Waals surface area contributed by atoms with Gasteiger partial charge in [-0.15, -0.1) is 0 Å². The summed E-state index contributed by atoms with van der Waals surface area (Å²) in [7, 11) is 0. The van der Waals surface area contributed by atoms with Crippen LogP contribution in [0.2, 0.25) is 0 Å². The summed E-state index contributed by atoms with van der Waals surface area (Å²) in [5.74, 6) is -0.628. The van der Waals surface area contributed by atoms with E-state index in [1.807, 2.05) is 0 Å². The summed E-state index contributed by atoms with van der Waals surface area (Å²) in [6.07, 6.45) is 45.2. The average Bonchev–Trinajstić information content (AvgIpc) is 3.86. The molecule has 0 aliphatic carbocycles. The third-order valence-electron chi connectivity index (χ3n) is 9.30. The van der Waals surface area contributed by atoms with Crippen molar-refractivity contribution in [2.75, 3.05) is 13.2 Å². The number of esters is 2. The third-order valence-corrected chi connectivity index (χ3v) is 9.30. The standard InChI is InChI=1S/C43H76O6/c1-3-5-7-8-9-10-11-12-13-14-15-16-17-21-24-27-31-35-42(45)47-37-39(44)38-48-43(46)36-32-28-25-22-19-18-20-23-26-30-34-41-40(49-41)33-29-6-4-2/h18,20,22,25-26,30,39-41,44H,3-17,19,21,23-24,27-29,31-38H2,1-2H3/b20-18-,25-22-,30-26-/t39-,40?,41?/m0/s1. The molecule has 2 unspecified atom stereocenters. The molecular formula is C43H76O6. The van der Waals surface area contributed by atoms with E-state index in [4.69, 9.17) is 14.2 Å². The highest BCUT2D eigenvalue weighted by Gasteiger charge is 2.36. The SMILES string of the molecule is CCCCCCCCCCCCCCCCCCCC(=O)OC[C@H](O)COC(=O)CCC/C=C\C/C=C\C/C=C\CC1OC1CCCCC. The molecule has 1 aliphatic rings. The average molecular weight is 689 g/mol. The second-order valence-corrected chi connectivity index (χ2v) is 14.1. The Morgan fingerprint density at radius 2 is 0.980 bits per heavy atom. The highest BCUT2D eigenvalue weighted by atomic mass is 16.6. The normalized spacial score (nSPS) is 16.6. The Balaban J connectivity index is 1.83. The van der Waals surface area contributed by atoms with Crippen molar-refractivity contribution in [1.29, 1.82) is 0 Å². The fraction of sp³-hybridized carbons (Fsp3) is 0.814. The zero-order valence-corrected chi connectivity index (χ0v) is 31.9. The van der Waals surface area contributed by atoms with Crippen LogP contribution in [0.4, 0.5) is 0 Å². The second kappa shape index (κ2) is 34.5. The van der Waals surface area contributed by atoms with Crippen LogP contribution in [0, 0.1) is 0 Å². The van der Waals surface area contributed by atoms with Crippen molar-refractivity contribution in [2.45, 2.75) is 212 Å². The van der Waals surface area contributed by atoms with Crippen molar-refractivity contribution in [3.05, 3.63) is 36.5 Å². The van der Waals surface area contributed by atoms with Gasteiger partial charge < -0.3 is 19.3 Å². The molecule has 0 amide bonds. The zero-order chi connectivity index (χ0) is 35.5. The molecule has 1 heterocycles. The first-order chi connectivity index (χ1) is 24.1. The number of carbonyl (C=O) groups excluding carboxylic acids is 2. The van der Waals surface area contributed by atoms with Crippen molar-refractivity contribution in [3.8, 4) is 0 Å². The van der Waals surface area contributed by atoms with E-state index in [1.54, 1.807) is 0 Å². The predicted molar refractivity (Wildman–Crippen MR) is 205 cm³/mol. The van der Waals surface area contributed by atoms with Crippen molar-refractivity contribution >= 4 is 11.9 Å². The number of epoxide rings is 1. The van der Waals surface area contributed by atoms with Crippen molar-refractivity contribution < 1.29 is 28.9 Å². The third kappa shape index (κ3) is 31.8. The number of carbonyl (C=O) groups is 2. The molecule has 0 aromatic rings. The van der Waals surface area contributed by atoms with Gasteiger partial charge in [-0.2, -0.15) is 0 Å². The maximum atomic E-state index is 12.0. The topological polar surface area (TPSA) is 85.4 Å². The Bertz CT molecular complexity index is 849. The highest BCUT2D eigenvalue weighted by molar-refractivity contribution is 5.69. The van der Waals surface area contributed by atoms with Gasteiger partial charge in [0.2, 0.25) is 0 Å². The number of rotatable bonds is 36. The lowest BCUT2D eigenvalue weighted by atomic mass is 10.0. The molecule has 0 bridgehead atoms. The van der Waals surface area contributed by atoms with Gasteiger partial charge >= 0.3 is 11.9 Å². The van der Waals surface area contributed by atoms with Crippen LogP contribution in [0.3, 0.4) is 0 Å². The molecule has 1 aliphatic heterocycles. The molecular weight excluding hydrogens is 612 g/mol. The van der Waals surface area contributed by atoms with E-state index >= 15 is 0 Å². The smallest absolute Gasteiger partial charge is 0.305 e. The van der Waals surface area contributed by atoms with Crippen LogP contribution in [0.25, 0.3) is 0 Å². The van der Waals surface area contributed by atoms with Gasteiger partial charge in [0.05, 0.1) is 12.2 Å². The lowest BCUT2D eigenvalue weighted by Crippen LogP contribution is -2.25. The molecule has 6 heteroatoms. The van der Waals surface area contributed by atoms with E-state index in [0.717, 1.165) is 44.9 Å². The molecule has 3 atom stereocenters. The van der Waals surface area contributed by atoms with Crippen LogP contribution in [-0.2, 0) is 23.8 Å². The summed E-state index contributed by atoms with van der Waals surface area (Å²) in [5.41, 5.74) is 0. The first-order valence-corrected chi connectivity index (χ1v) is 20.7. The first-order valence-electron chi connectivity index (χ1n) is 20.7. The monoisotopic (exact) mass is 689 g/mol. The van der Waals surface area contributed by atoms with E-state index in [-0.39, 0.29) is 25.2 Å². The minimum atomic E-state index is -0.987. The molecule has 0 saturated carbocycles. The summed E-state index contributed by atoms with van der Waals surface area (Å²) < 4.78 is 16.0. The van der Waals surface area contributed by atoms with Gasteiger partial charge in [0.15, 0.2) is 0 Å². The fourth-order valence-corrected chi connectivity index (χ4v) is 6.06. The van der Waals surface area contributed by atoms with Crippen molar-refractivity contribution in [3.63, 3.8) is 0 Å². The van der Waals surface area contributed by atoms with Gasteiger partial charge in [-0.3, -0.25) is 9.59 Å². The van der Waals surface area contributed by atoms with E-state index in [9.17, 15) is 14.7 Å². The van der Waals surface area contributed by atoms with Gasteiger partial charge in [-0.1, -0.05) is 172 Å². The Hall–Kier alpha value is -1.92. The van der Waals surface area contributed by atoms with Crippen molar-refractivity contribution in [1.82, 2.24) is 0 Å². The van der Waals surface area contributed by atoms with Crippen LogP contribution in [0.1, 0.15) is 194 Å². The number of hydrogen-bond acceptors (Lipinski definition) is 6. The predicted octanol–water partition coefficient (Wildman–Crippen LogP) is 11.8. The van der Waals surface area contributed by atoms with Crippen LogP contribution in [0.15, 0.2) is 36.5 Å². The van der Waals surface area contributed by atoms with E-state index in [2.05, 4.69) is 50.3 Å². The summed E-state index contributed by atoms with van der Waals surface area (Å²) in [6.45, 7) is 4.23. The Morgan fingerprint density at radius 1 is 0.551 bits per heavy atom. The Kier molecular flexibility index (Phi) is 31.8. The van der Waals surface area contributed by atoms with Gasteiger partial charge in [0, 0.05) is 12.8 Å². The molecule has 1 saturated heterocycles. The molecule has 284 valence electrons. The van der Waals surface area contributed by atoms with Crippen LogP contribution in [0.5, 0.6) is 0 Å². The number of aliphatic hydroxyl groups excluding tert-OH is 1. The fourth-order valence-electron chi connectivity index (χ4n) is 6.06. The molecule has 0 spiro atoms. The van der Waals surface area contributed by atoms with Gasteiger partial charge in [-0.05, 0) is 44.9 Å². The van der Waals surface area contributed by atoms with Gasteiger partial charge in [0.1, 0.15) is 19.3 Å². The number of hydrogen-bond donors (Lipinski definition) is 1. The lowest BCUT2D eigenvalue weighted by Gasteiger charge is -2.12. The molecule has 1 N–H and O–H groups in total. The second-order valence-electron chi connectivity index (χ2n) is 14.1. The number of aliphatic hydroxyl groups is 1. The van der Waals surface area contributed by atoms with E-state index < -0.39 is 6.10 Å². The van der Waals surface area contributed by atoms with E-state index in [1.165, 1.54) is 116 Å². The summed E-state index contributed by atoms with van der Waals surface area (Å²) >= 11 is 0. The quantitative estimate of drug-likeness (QED) is 0.0305. The molecule has 0 aromatic carbocycles. The minimum absolute atomic E-state index is 0.133. The summed E-state index contributed by atoms with van der Waals surface area (Å²) in [4.78, 5) is 23.9. The Labute approximate surface area is 301 Å². The number of allylic oxidation sites excluding steroid dienone is 5. The molecule has 0 aromatic heterocycles. The zero-order valence-electron chi connectivity index (χ0n) is 31.9. The van der Waals surface area contributed by atoms with Crippen LogP contribution >= 0.6 is 0 Å². The van der Waals surface area contributed by atoms with Crippen LogP contribution < -0.4 is 0 Å². The highest BCUT2D eigenvalue weighted by Crippen LogP contribution is 2.30. The van der Waals surface area contributed by atoms with Gasteiger partial charge in [0.25, 0.3) is 0 Å². The van der Waals surface area contributed by atoms with Crippen molar-refractivity contribution in [2.24, 2.45) is 0 Å². The lowest BCUT2D eigenvalue weighted by molar-refractivity contribution is -0.152. The molecule has 0 radical (unpaired) electrons. The molecule has 1 fully saturated rings.